The van der Waals surface area contributed by atoms with Gasteiger partial charge in [0.15, 0.2) is 0 Å². The van der Waals surface area contributed by atoms with Gasteiger partial charge in [0.2, 0.25) is 0 Å². The summed E-state index contributed by atoms with van der Waals surface area (Å²) in [4.78, 5) is 9.89. The first-order valence-electron chi connectivity index (χ1n) is 2.81. The van der Waals surface area contributed by atoms with Gasteiger partial charge in [-0.05, 0) is 0 Å². The number of aliphatic hydroxyl groups is 3. The second-order valence-corrected chi connectivity index (χ2v) is 1.95. The number of carbonyl (C=O) groups is 1. The molecule has 0 aromatic heterocycles. The van der Waals surface area contributed by atoms with Crippen LogP contribution in [0.25, 0.3) is 0 Å². The van der Waals surface area contributed by atoms with Crippen LogP contribution in [0, 0.1) is 0 Å². The number of nitrogens with two attached hydrogens (primary N) is 1. The quantitative estimate of drug-likeness (QED) is 0.324. The van der Waals surface area contributed by atoms with Crippen LogP contribution in [0.5, 0.6) is 0 Å². The second kappa shape index (κ2) is 4.35. The van der Waals surface area contributed by atoms with Crippen LogP contribution >= 0.6 is 0 Å². The third-order valence-electron chi connectivity index (χ3n) is 1.13. The number of hydrogen-bond donors (Lipinski definition) is 4. The monoisotopic (exact) mass is 149 g/mol. The van der Waals surface area contributed by atoms with Crippen LogP contribution < -0.4 is 5.73 Å². The van der Waals surface area contributed by atoms with Gasteiger partial charge in [0, 0.05) is 0 Å². The van der Waals surface area contributed by atoms with Crippen molar-refractivity contribution in [1.29, 1.82) is 0 Å². The summed E-state index contributed by atoms with van der Waals surface area (Å²) in [5.74, 6) is 0. The van der Waals surface area contributed by atoms with E-state index in [-0.39, 0.29) is 0 Å². The van der Waals surface area contributed by atoms with Crippen molar-refractivity contribution < 1.29 is 20.1 Å². The standard InChI is InChI=1S/C5H11NO4/c6-3(1-7)5(10)4(9)2-8/h1,3-5,8-10H,2,6H2/t3-,4-,5+/m0/s1. The molecule has 0 spiro atoms. The third kappa shape index (κ3) is 2.40. The van der Waals surface area contributed by atoms with E-state index in [0.717, 1.165) is 0 Å². The minimum atomic E-state index is -1.39. The van der Waals surface area contributed by atoms with Crippen molar-refractivity contribution in [3.63, 3.8) is 0 Å². The molecule has 0 heterocycles. The number of rotatable bonds is 4. The number of aldehydes is 1. The fraction of sp³-hybridized carbons (Fsp3) is 0.800. The highest BCUT2D eigenvalue weighted by atomic mass is 16.4. The van der Waals surface area contributed by atoms with Gasteiger partial charge in [0.05, 0.1) is 12.6 Å². The lowest BCUT2D eigenvalue weighted by molar-refractivity contribution is -0.114. The highest BCUT2D eigenvalue weighted by molar-refractivity contribution is 5.58. The molecule has 0 aliphatic heterocycles. The van der Waals surface area contributed by atoms with E-state index in [9.17, 15) is 4.79 Å². The fourth-order valence-electron chi connectivity index (χ4n) is 0.445. The number of aliphatic hydroxyl groups excluding tert-OH is 3. The zero-order valence-electron chi connectivity index (χ0n) is 5.34. The Kier molecular flexibility index (Phi) is 4.13. The maximum Gasteiger partial charge on any atom is 0.139 e. The van der Waals surface area contributed by atoms with Crippen LogP contribution in [0.15, 0.2) is 0 Å². The topological polar surface area (TPSA) is 104 Å². The van der Waals surface area contributed by atoms with Crippen LogP contribution in [-0.4, -0.2) is 46.5 Å². The van der Waals surface area contributed by atoms with E-state index in [0.29, 0.717) is 6.29 Å². The highest BCUT2D eigenvalue weighted by Gasteiger charge is 2.21. The summed E-state index contributed by atoms with van der Waals surface area (Å²) >= 11 is 0. The zero-order valence-corrected chi connectivity index (χ0v) is 5.34. The van der Waals surface area contributed by atoms with Crippen LogP contribution in [0.4, 0.5) is 0 Å². The van der Waals surface area contributed by atoms with E-state index in [4.69, 9.17) is 21.1 Å². The molecule has 0 amide bonds. The molecule has 0 bridgehead atoms. The molecule has 0 rings (SSSR count). The van der Waals surface area contributed by atoms with Gasteiger partial charge >= 0.3 is 0 Å². The normalized spacial score (nSPS) is 19.6. The Morgan fingerprint density at radius 3 is 2.30 bits per heavy atom. The van der Waals surface area contributed by atoms with Crippen molar-refractivity contribution in [3.05, 3.63) is 0 Å². The minimum Gasteiger partial charge on any atom is -0.394 e. The molecule has 60 valence electrons. The predicted molar refractivity (Wildman–Crippen MR) is 33.1 cm³/mol. The van der Waals surface area contributed by atoms with Gasteiger partial charge in [0.25, 0.3) is 0 Å². The van der Waals surface area contributed by atoms with Crippen molar-refractivity contribution >= 4 is 6.29 Å². The summed E-state index contributed by atoms with van der Waals surface area (Å²) in [6, 6.07) is -1.14. The zero-order chi connectivity index (χ0) is 8.15. The summed E-state index contributed by atoms with van der Waals surface area (Å²) in [5, 5.41) is 25.8. The minimum absolute atomic E-state index is 0.309. The number of carbonyl (C=O) groups excluding carboxylic acids is 1. The van der Waals surface area contributed by atoms with Crippen LogP contribution in [0.2, 0.25) is 0 Å². The Labute approximate surface area is 58.1 Å². The van der Waals surface area contributed by atoms with Gasteiger partial charge < -0.3 is 25.8 Å². The summed E-state index contributed by atoms with van der Waals surface area (Å²) in [5.41, 5.74) is 5.00. The number of hydrogen-bond acceptors (Lipinski definition) is 5. The van der Waals surface area contributed by atoms with E-state index in [2.05, 4.69) is 0 Å². The van der Waals surface area contributed by atoms with Gasteiger partial charge in [-0.2, -0.15) is 0 Å². The van der Waals surface area contributed by atoms with Gasteiger partial charge in [-0.3, -0.25) is 0 Å². The molecule has 10 heavy (non-hydrogen) atoms. The maximum absolute atomic E-state index is 9.89. The average Bonchev–Trinajstić information content (AvgIpc) is 2.00. The largest absolute Gasteiger partial charge is 0.394 e. The van der Waals surface area contributed by atoms with Gasteiger partial charge in [-0.15, -0.1) is 0 Å². The van der Waals surface area contributed by atoms with E-state index >= 15 is 0 Å². The van der Waals surface area contributed by atoms with Crippen LogP contribution in [0.1, 0.15) is 0 Å². The molecular formula is C5H11NO4. The molecule has 0 unspecified atom stereocenters. The van der Waals surface area contributed by atoms with Crippen LogP contribution in [-0.2, 0) is 4.79 Å². The van der Waals surface area contributed by atoms with Crippen molar-refractivity contribution in [2.75, 3.05) is 6.61 Å². The van der Waals surface area contributed by atoms with Crippen molar-refractivity contribution in [2.24, 2.45) is 5.73 Å². The predicted octanol–water partition coefficient (Wildman–Crippen LogP) is -2.77. The summed E-state index contributed by atoms with van der Waals surface area (Å²) in [6.45, 7) is -0.608. The van der Waals surface area contributed by atoms with Crippen molar-refractivity contribution in [2.45, 2.75) is 18.2 Å². The Morgan fingerprint density at radius 1 is 1.50 bits per heavy atom. The molecule has 0 aliphatic carbocycles. The molecule has 0 saturated heterocycles. The molecule has 0 aromatic carbocycles. The smallest absolute Gasteiger partial charge is 0.139 e. The molecule has 3 atom stereocenters. The molecular weight excluding hydrogens is 138 g/mol. The lowest BCUT2D eigenvalue weighted by Gasteiger charge is -2.17. The molecule has 5 nitrogen and oxygen atoms in total. The molecule has 0 saturated carbocycles. The Bertz CT molecular complexity index is 108. The van der Waals surface area contributed by atoms with E-state index in [1.807, 2.05) is 0 Å². The molecule has 0 aliphatic rings. The van der Waals surface area contributed by atoms with E-state index in [1.165, 1.54) is 0 Å². The Hall–Kier alpha value is -0.490. The van der Waals surface area contributed by atoms with Crippen LogP contribution in [0.3, 0.4) is 0 Å². The average molecular weight is 149 g/mol. The van der Waals surface area contributed by atoms with E-state index < -0.39 is 24.9 Å². The molecule has 0 fully saturated rings. The Morgan fingerprint density at radius 2 is 2.00 bits per heavy atom. The maximum atomic E-state index is 9.89. The lowest BCUT2D eigenvalue weighted by Crippen LogP contribution is -2.45. The lowest BCUT2D eigenvalue weighted by atomic mass is 10.1. The van der Waals surface area contributed by atoms with Gasteiger partial charge in [-0.1, -0.05) is 0 Å². The highest BCUT2D eigenvalue weighted by Crippen LogP contribution is 1.94. The molecule has 5 heteroatoms. The third-order valence-corrected chi connectivity index (χ3v) is 1.13. The molecule has 5 N–H and O–H groups in total. The first-order chi connectivity index (χ1) is 4.63. The second-order valence-electron chi connectivity index (χ2n) is 1.95. The van der Waals surface area contributed by atoms with E-state index in [1.54, 1.807) is 0 Å². The summed E-state index contributed by atoms with van der Waals surface area (Å²) in [6.07, 6.45) is -2.42. The molecule has 0 aromatic rings. The Balaban J connectivity index is 3.80. The van der Waals surface area contributed by atoms with Gasteiger partial charge in [-0.25, -0.2) is 0 Å². The molecule has 0 radical (unpaired) electrons. The first-order valence-corrected chi connectivity index (χ1v) is 2.81. The summed E-state index contributed by atoms with van der Waals surface area (Å²) in [7, 11) is 0. The first kappa shape index (κ1) is 9.51. The summed E-state index contributed by atoms with van der Waals surface area (Å²) < 4.78 is 0. The SMILES string of the molecule is N[C@@H](C=O)[C@@H](O)[C@@H](O)CO. The van der Waals surface area contributed by atoms with Crippen molar-refractivity contribution in [1.82, 2.24) is 0 Å². The van der Waals surface area contributed by atoms with Gasteiger partial charge in [0.1, 0.15) is 18.5 Å². The van der Waals surface area contributed by atoms with Crippen molar-refractivity contribution in [3.8, 4) is 0 Å². The fourth-order valence-corrected chi connectivity index (χ4v) is 0.445.